The molecule has 0 saturated carbocycles. The Kier molecular flexibility index (Phi) is 4.35. The van der Waals surface area contributed by atoms with Crippen molar-refractivity contribution in [1.29, 1.82) is 0 Å². The molecule has 6 nitrogen and oxygen atoms in total. The molecule has 0 spiro atoms. The number of hydrogen-bond acceptors (Lipinski definition) is 5. The van der Waals surface area contributed by atoms with Gasteiger partial charge < -0.3 is 15.6 Å². The number of nitrogen functional groups attached to an aromatic ring is 1. The summed E-state index contributed by atoms with van der Waals surface area (Å²) in [6, 6.07) is 11.8. The van der Waals surface area contributed by atoms with E-state index in [9.17, 15) is 13.5 Å². The van der Waals surface area contributed by atoms with Crippen LogP contribution in [0.3, 0.4) is 0 Å². The van der Waals surface area contributed by atoms with Crippen molar-refractivity contribution >= 4 is 21.4 Å². The first-order valence-corrected chi connectivity index (χ1v) is 8.02. The number of sulfonamides is 1. The maximum Gasteiger partial charge on any atom is 0.229 e. The van der Waals surface area contributed by atoms with Crippen molar-refractivity contribution in [2.45, 2.75) is 6.61 Å². The van der Waals surface area contributed by atoms with Crippen molar-refractivity contribution in [3.05, 3.63) is 48.0 Å². The van der Waals surface area contributed by atoms with Crippen molar-refractivity contribution in [3.8, 4) is 11.5 Å². The molecule has 0 heterocycles. The molecule has 21 heavy (non-hydrogen) atoms. The highest BCUT2D eigenvalue weighted by atomic mass is 32.2. The van der Waals surface area contributed by atoms with Gasteiger partial charge in [0.1, 0.15) is 5.75 Å². The molecule has 0 atom stereocenters. The lowest BCUT2D eigenvalue weighted by molar-refractivity contribution is 0.282. The molecule has 0 unspecified atom stereocenters. The number of nitrogens with two attached hydrogens (primary N) is 1. The number of benzene rings is 2. The molecule has 0 aliphatic heterocycles. The van der Waals surface area contributed by atoms with Crippen molar-refractivity contribution in [1.82, 2.24) is 0 Å². The van der Waals surface area contributed by atoms with Crippen LogP contribution in [0.2, 0.25) is 0 Å². The highest BCUT2D eigenvalue weighted by Gasteiger charge is 2.13. The lowest BCUT2D eigenvalue weighted by Crippen LogP contribution is -2.11. The van der Waals surface area contributed by atoms with Gasteiger partial charge in [0.25, 0.3) is 0 Å². The molecular weight excluding hydrogens is 292 g/mol. The van der Waals surface area contributed by atoms with Crippen molar-refractivity contribution in [2.75, 3.05) is 16.7 Å². The van der Waals surface area contributed by atoms with Gasteiger partial charge in [-0.2, -0.15) is 0 Å². The molecule has 4 N–H and O–H groups in total. The smallest absolute Gasteiger partial charge is 0.229 e. The molecule has 0 fully saturated rings. The fourth-order valence-corrected chi connectivity index (χ4v) is 2.32. The predicted molar refractivity (Wildman–Crippen MR) is 81.8 cm³/mol. The van der Waals surface area contributed by atoms with Crippen LogP contribution in [-0.4, -0.2) is 19.8 Å². The van der Waals surface area contributed by atoms with E-state index in [1.807, 2.05) is 6.07 Å². The summed E-state index contributed by atoms with van der Waals surface area (Å²) < 4.78 is 30.9. The van der Waals surface area contributed by atoms with E-state index in [4.69, 9.17) is 10.5 Å². The standard InChI is InChI=1S/C14H16N2O4S/c1-21(18,19)16-13-7-10(9-17)12(15)8-14(13)20-11-5-3-2-4-6-11/h2-8,16-17H,9,15H2,1H3. The van der Waals surface area contributed by atoms with Gasteiger partial charge in [-0.05, 0) is 18.2 Å². The van der Waals surface area contributed by atoms with E-state index in [1.165, 1.54) is 12.1 Å². The summed E-state index contributed by atoms with van der Waals surface area (Å²) >= 11 is 0. The monoisotopic (exact) mass is 308 g/mol. The molecule has 2 rings (SSSR count). The van der Waals surface area contributed by atoms with Gasteiger partial charge in [-0.15, -0.1) is 0 Å². The van der Waals surface area contributed by atoms with Crippen LogP contribution < -0.4 is 15.2 Å². The van der Waals surface area contributed by atoms with Gasteiger partial charge >= 0.3 is 0 Å². The first-order valence-electron chi connectivity index (χ1n) is 6.13. The molecule has 0 saturated heterocycles. The molecule has 0 aromatic heterocycles. The van der Waals surface area contributed by atoms with Crippen molar-refractivity contribution < 1.29 is 18.3 Å². The molecule has 0 amide bonds. The fraction of sp³-hybridized carbons (Fsp3) is 0.143. The summed E-state index contributed by atoms with van der Waals surface area (Å²) in [4.78, 5) is 0. The Morgan fingerprint density at radius 1 is 1.24 bits per heavy atom. The minimum Gasteiger partial charge on any atom is -0.455 e. The molecule has 0 aliphatic carbocycles. The Hall–Kier alpha value is -2.25. The Balaban J connectivity index is 2.45. The van der Waals surface area contributed by atoms with Crippen LogP contribution in [-0.2, 0) is 16.6 Å². The highest BCUT2D eigenvalue weighted by molar-refractivity contribution is 7.92. The predicted octanol–water partition coefficient (Wildman–Crippen LogP) is 1.92. The summed E-state index contributed by atoms with van der Waals surface area (Å²) in [6.45, 7) is -0.296. The molecule has 7 heteroatoms. The number of aliphatic hydroxyl groups excluding tert-OH is 1. The Morgan fingerprint density at radius 2 is 1.90 bits per heavy atom. The zero-order chi connectivity index (χ0) is 15.5. The number of nitrogens with one attached hydrogen (secondary N) is 1. The molecule has 0 radical (unpaired) electrons. The average molecular weight is 308 g/mol. The van der Waals surface area contributed by atoms with E-state index in [1.54, 1.807) is 24.3 Å². The number of rotatable bonds is 5. The molecule has 0 aliphatic rings. The maximum atomic E-state index is 11.4. The quantitative estimate of drug-likeness (QED) is 0.733. The number of anilines is 2. The van der Waals surface area contributed by atoms with Crippen LogP contribution in [0.1, 0.15) is 5.56 Å². The zero-order valence-electron chi connectivity index (χ0n) is 11.4. The molecular formula is C14H16N2O4S. The zero-order valence-corrected chi connectivity index (χ0v) is 12.2. The van der Waals surface area contributed by atoms with Gasteiger partial charge in [0.05, 0.1) is 18.6 Å². The largest absolute Gasteiger partial charge is 0.455 e. The second kappa shape index (κ2) is 6.02. The van der Waals surface area contributed by atoms with Crippen molar-refractivity contribution in [3.63, 3.8) is 0 Å². The van der Waals surface area contributed by atoms with Crippen LogP contribution in [0.15, 0.2) is 42.5 Å². The third-order valence-electron chi connectivity index (χ3n) is 2.68. The Labute approximate surface area is 123 Å². The second-order valence-corrected chi connectivity index (χ2v) is 6.24. The van der Waals surface area contributed by atoms with Crippen LogP contribution in [0, 0.1) is 0 Å². The van der Waals surface area contributed by atoms with Crippen LogP contribution in [0.25, 0.3) is 0 Å². The summed E-state index contributed by atoms with van der Waals surface area (Å²) in [5, 5.41) is 9.22. The summed E-state index contributed by atoms with van der Waals surface area (Å²) in [5.41, 5.74) is 6.76. The van der Waals surface area contributed by atoms with Crippen LogP contribution >= 0.6 is 0 Å². The van der Waals surface area contributed by atoms with Crippen LogP contribution in [0.4, 0.5) is 11.4 Å². The minimum absolute atomic E-state index is 0.222. The lowest BCUT2D eigenvalue weighted by Gasteiger charge is -2.15. The Morgan fingerprint density at radius 3 is 2.48 bits per heavy atom. The third-order valence-corrected chi connectivity index (χ3v) is 3.27. The van der Waals surface area contributed by atoms with Gasteiger partial charge in [-0.3, -0.25) is 4.72 Å². The van der Waals surface area contributed by atoms with E-state index in [0.29, 0.717) is 17.0 Å². The first kappa shape index (κ1) is 15.1. The molecule has 0 bridgehead atoms. The van der Waals surface area contributed by atoms with E-state index < -0.39 is 10.0 Å². The van der Waals surface area contributed by atoms with Gasteiger partial charge in [0, 0.05) is 17.3 Å². The topological polar surface area (TPSA) is 102 Å². The summed E-state index contributed by atoms with van der Waals surface area (Å²) in [6.07, 6.45) is 1.04. The SMILES string of the molecule is CS(=O)(=O)Nc1cc(CO)c(N)cc1Oc1ccccc1. The van der Waals surface area contributed by atoms with Gasteiger partial charge in [0.15, 0.2) is 5.75 Å². The van der Waals surface area contributed by atoms with Crippen LogP contribution in [0.5, 0.6) is 11.5 Å². The van der Waals surface area contributed by atoms with Gasteiger partial charge in [-0.25, -0.2) is 8.42 Å². The normalized spacial score (nSPS) is 11.1. The number of para-hydroxylation sites is 1. The highest BCUT2D eigenvalue weighted by Crippen LogP contribution is 2.34. The fourth-order valence-electron chi connectivity index (χ4n) is 1.76. The minimum atomic E-state index is -3.48. The van der Waals surface area contributed by atoms with E-state index in [2.05, 4.69) is 4.72 Å². The average Bonchev–Trinajstić information content (AvgIpc) is 2.41. The van der Waals surface area contributed by atoms with Crippen molar-refractivity contribution in [2.24, 2.45) is 0 Å². The lowest BCUT2D eigenvalue weighted by atomic mass is 10.1. The van der Waals surface area contributed by atoms with Gasteiger partial charge in [0.2, 0.25) is 10.0 Å². The third kappa shape index (κ3) is 4.11. The molecule has 2 aromatic rings. The van der Waals surface area contributed by atoms with E-state index in [0.717, 1.165) is 6.26 Å². The first-order chi connectivity index (χ1) is 9.89. The Bertz CT molecular complexity index is 730. The maximum absolute atomic E-state index is 11.4. The number of ether oxygens (including phenoxy) is 1. The number of aliphatic hydroxyl groups is 1. The molecule has 2 aromatic carbocycles. The summed E-state index contributed by atoms with van der Waals surface area (Å²) in [7, 11) is -3.48. The molecule has 112 valence electrons. The van der Waals surface area contributed by atoms with E-state index in [-0.39, 0.29) is 18.0 Å². The van der Waals surface area contributed by atoms with Gasteiger partial charge in [-0.1, -0.05) is 18.2 Å². The van der Waals surface area contributed by atoms with E-state index >= 15 is 0 Å². The summed E-state index contributed by atoms with van der Waals surface area (Å²) in [5.74, 6) is 0.812. The second-order valence-electron chi connectivity index (χ2n) is 4.49. The number of hydrogen-bond donors (Lipinski definition) is 3.